The van der Waals surface area contributed by atoms with Crippen molar-refractivity contribution in [2.45, 2.75) is 64.2 Å². The molecule has 142 valence electrons. The zero-order valence-corrected chi connectivity index (χ0v) is 20.1. The number of allylic oxidation sites excluding steroid dienone is 4. The molecule has 0 aromatic rings. The molecule has 0 aromatic carbocycles. The standard InChI is InChI=1S/C20H30.2CH3.2ClH.Zr/c1-3-7-19-15(5-1)9-11-17(19)13-14-18-12-10-16-6-2-4-8-20(16)18;;;;;/h1,3,5,7,15-20H,2,4,6,8-14H2;2*1H3;2*1H;/q;2*-1;;;+4/p-2. The van der Waals surface area contributed by atoms with Gasteiger partial charge in [0, 0.05) is 0 Å². The van der Waals surface area contributed by atoms with Gasteiger partial charge in [-0.25, -0.2) is 0 Å². The van der Waals surface area contributed by atoms with E-state index in [1.54, 1.807) is 32.1 Å². The Morgan fingerprint density at radius 3 is 2.20 bits per heavy atom. The molecule has 0 saturated heterocycles. The van der Waals surface area contributed by atoms with E-state index in [1.807, 2.05) is 0 Å². The number of rotatable bonds is 3. The minimum absolute atomic E-state index is 0. The summed E-state index contributed by atoms with van der Waals surface area (Å²) in [5, 5.41) is 0. The monoisotopic (exact) mass is 460 g/mol. The summed E-state index contributed by atoms with van der Waals surface area (Å²) in [5.74, 6) is 6.14. The van der Waals surface area contributed by atoms with Crippen molar-refractivity contribution in [3.63, 3.8) is 0 Å². The predicted octanol–water partition coefficient (Wildman–Crippen LogP) is 8.03. The third-order valence-electron chi connectivity index (χ3n) is 7.10. The van der Waals surface area contributed by atoms with Crippen molar-refractivity contribution in [2.75, 3.05) is 0 Å². The van der Waals surface area contributed by atoms with Crippen LogP contribution in [-0.2, 0) is 20.8 Å². The quantitative estimate of drug-likeness (QED) is 0.372. The molecule has 3 heteroatoms. The molecule has 0 nitrogen and oxygen atoms in total. The molecular weight excluding hydrogens is 426 g/mol. The third-order valence-corrected chi connectivity index (χ3v) is 7.10. The van der Waals surface area contributed by atoms with E-state index >= 15 is 0 Å². The molecular formula is C22H36Cl2Zr. The van der Waals surface area contributed by atoms with Gasteiger partial charge in [-0.3, -0.25) is 0 Å². The second kappa shape index (κ2) is 12.4. The zero-order chi connectivity index (χ0) is 16.1. The van der Waals surface area contributed by atoms with Crippen LogP contribution in [0.5, 0.6) is 0 Å². The Kier molecular flexibility index (Phi) is 11.9. The van der Waals surface area contributed by atoms with Crippen molar-refractivity contribution < 1.29 is 20.8 Å². The van der Waals surface area contributed by atoms with E-state index in [2.05, 4.69) is 24.3 Å². The second-order valence-corrected chi connectivity index (χ2v) is 11.8. The van der Waals surface area contributed by atoms with Gasteiger partial charge in [-0.15, -0.1) is 0 Å². The van der Waals surface area contributed by atoms with Gasteiger partial charge in [0.15, 0.2) is 0 Å². The molecule has 6 atom stereocenters. The Morgan fingerprint density at radius 1 is 0.760 bits per heavy atom. The normalized spacial score (nSPS) is 37.5. The molecule has 0 N–H and O–H groups in total. The average molecular weight is 463 g/mol. The number of hydrogen-bond donors (Lipinski definition) is 0. The first kappa shape index (κ1) is 24.0. The maximum atomic E-state index is 4.93. The molecule has 0 radical (unpaired) electrons. The van der Waals surface area contributed by atoms with Gasteiger partial charge >= 0.3 is 37.9 Å². The van der Waals surface area contributed by atoms with Crippen LogP contribution in [0.4, 0.5) is 0 Å². The number of hydrogen-bond acceptors (Lipinski definition) is 0. The van der Waals surface area contributed by atoms with E-state index in [4.69, 9.17) is 17.0 Å². The van der Waals surface area contributed by atoms with E-state index < -0.39 is 20.8 Å². The van der Waals surface area contributed by atoms with Gasteiger partial charge < -0.3 is 14.9 Å². The average Bonchev–Trinajstić information content (AvgIpc) is 3.18. The van der Waals surface area contributed by atoms with E-state index in [1.165, 1.54) is 32.1 Å². The summed E-state index contributed by atoms with van der Waals surface area (Å²) in [6, 6.07) is 0. The van der Waals surface area contributed by atoms with Crippen molar-refractivity contribution in [1.82, 2.24) is 0 Å². The van der Waals surface area contributed by atoms with Crippen LogP contribution >= 0.6 is 17.0 Å². The van der Waals surface area contributed by atoms with Crippen molar-refractivity contribution in [3.05, 3.63) is 39.2 Å². The summed E-state index contributed by atoms with van der Waals surface area (Å²) >= 11 is -0.826. The number of halogens is 2. The SMILES string of the molecule is C1=CC2CCC(CCC3CCC4CCCCC43)C2C=C1.[CH3-].[CH3-].[Cl][Zr+2][Cl]. The Hall–Kier alpha value is 0.943. The second-order valence-electron chi connectivity index (χ2n) is 8.04. The molecule has 0 amide bonds. The Bertz CT molecular complexity index is 420. The summed E-state index contributed by atoms with van der Waals surface area (Å²) in [5.41, 5.74) is 0. The fraction of sp³-hybridized carbons (Fsp3) is 0.727. The maximum absolute atomic E-state index is 4.93. The summed E-state index contributed by atoms with van der Waals surface area (Å²) in [4.78, 5) is 0. The van der Waals surface area contributed by atoms with Gasteiger partial charge in [-0.1, -0.05) is 43.6 Å². The van der Waals surface area contributed by atoms with Gasteiger partial charge in [0.05, 0.1) is 0 Å². The van der Waals surface area contributed by atoms with Crippen LogP contribution < -0.4 is 0 Å². The van der Waals surface area contributed by atoms with Gasteiger partial charge in [0.2, 0.25) is 0 Å². The zero-order valence-electron chi connectivity index (χ0n) is 16.1. The molecule has 4 aliphatic carbocycles. The Balaban J connectivity index is 0.000000586. The summed E-state index contributed by atoms with van der Waals surface area (Å²) in [7, 11) is 9.87. The van der Waals surface area contributed by atoms with Crippen molar-refractivity contribution in [2.24, 2.45) is 35.5 Å². The van der Waals surface area contributed by atoms with Gasteiger partial charge in [-0.05, 0) is 80.5 Å². The first-order valence-electron chi connectivity index (χ1n) is 9.64. The van der Waals surface area contributed by atoms with Crippen LogP contribution in [-0.4, -0.2) is 0 Å². The number of fused-ring (bicyclic) bond motifs is 2. The fourth-order valence-electron chi connectivity index (χ4n) is 6.05. The third kappa shape index (κ3) is 6.22. The molecule has 0 aliphatic heterocycles. The molecule has 0 heterocycles. The molecule has 3 saturated carbocycles. The van der Waals surface area contributed by atoms with Crippen molar-refractivity contribution in [1.29, 1.82) is 0 Å². The summed E-state index contributed by atoms with van der Waals surface area (Å²) < 4.78 is 0. The van der Waals surface area contributed by atoms with Gasteiger partial charge in [0.1, 0.15) is 0 Å². The summed E-state index contributed by atoms with van der Waals surface area (Å²) in [6.45, 7) is 0. The van der Waals surface area contributed by atoms with Crippen molar-refractivity contribution in [3.8, 4) is 0 Å². The first-order chi connectivity index (χ1) is 11.3. The van der Waals surface area contributed by atoms with Crippen LogP contribution in [0.15, 0.2) is 24.3 Å². The van der Waals surface area contributed by atoms with E-state index in [-0.39, 0.29) is 14.9 Å². The Morgan fingerprint density at radius 2 is 1.40 bits per heavy atom. The summed E-state index contributed by atoms with van der Waals surface area (Å²) in [6.07, 6.45) is 24.9. The molecule has 4 rings (SSSR count). The molecule has 0 aromatic heterocycles. The van der Waals surface area contributed by atoms with Gasteiger partial charge in [-0.2, -0.15) is 0 Å². The molecule has 3 fully saturated rings. The van der Waals surface area contributed by atoms with Gasteiger partial charge in [0.25, 0.3) is 0 Å². The van der Waals surface area contributed by atoms with E-state index in [9.17, 15) is 0 Å². The molecule has 25 heavy (non-hydrogen) atoms. The molecule has 4 aliphatic rings. The van der Waals surface area contributed by atoms with Crippen LogP contribution in [0.3, 0.4) is 0 Å². The molecule has 0 spiro atoms. The van der Waals surface area contributed by atoms with E-state index in [0.29, 0.717) is 0 Å². The molecule has 0 bridgehead atoms. The fourth-order valence-corrected chi connectivity index (χ4v) is 6.05. The first-order valence-corrected chi connectivity index (χ1v) is 16.0. The Labute approximate surface area is 175 Å². The van der Waals surface area contributed by atoms with E-state index in [0.717, 1.165) is 35.5 Å². The van der Waals surface area contributed by atoms with Crippen LogP contribution in [0.1, 0.15) is 64.2 Å². The van der Waals surface area contributed by atoms with Crippen LogP contribution in [0.2, 0.25) is 0 Å². The molecule has 6 unspecified atom stereocenters. The topological polar surface area (TPSA) is 0 Å². The van der Waals surface area contributed by atoms with Crippen LogP contribution in [0.25, 0.3) is 0 Å². The van der Waals surface area contributed by atoms with Crippen molar-refractivity contribution >= 4 is 17.0 Å². The predicted molar refractivity (Wildman–Crippen MR) is 110 cm³/mol. The van der Waals surface area contributed by atoms with Crippen LogP contribution in [0, 0.1) is 50.4 Å². The minimum atomic E-state index is -0.826.